The lowest BCUT2D eigenvalue weighted by molar-refractivity contribution is 0.0350. The number of Topliss-reactive ketones (excluding diaryl/α,β-unsaturated/α-hetero) is 1. The zero-order chi connectivity index (χ0) is 20.6. The number of aromatic nitrogens is 2. The number of fused-ring (bicyclic) bond motifs is 1. The Morgan fingerprint density at radius 3 is 2.45 bits per heavy atom. The van der Waals surface area contributed by atoms with Gasteiger partial charge in [0.05, 0.1) is 12.0 Å². The van der Waals surface area contributed by atoms with E-state index in [4.69, 9.17) is 15.0 Å². The standard InChI is InChI=1S/C22H21N3O4/c1-3-22(4-2)12-17(26)16-11-15(9-10-18(16)28-22)21-24-20(25-29-21)14-7-5-13(6-8-14)19(23)27/h5-11H,3-4,12H2,1-2H3,(H2,23,27). The van der Waals surface area contributed by atoms with Crippen molar-refractivity contribution < 1.29 is 18.8 Å². The quantitative estimate of drug-likeness (QED) is 0.703. The number of nitrogens with zero attached hydrogens (tertiary/aromatic N) is 2. The summed E-state index contributed by atoms with van der Waals surface area (Å²) in [4.78, 5) is 28.3. The minimum absolute atomic E-state index is 0.0542. The maximum absolute atomic E-state index is 12.7. The predicted octanol–water partition coefficient (Wildman–Crippen LogP) is 4.03. The molecule has 0 radical (unpaired) electrons. The number of primary amides is 1. The summed E-state index contributed by atoms with van der Waals surface area (Å²) in [7, 11) is 0. The van der Waals surface area contributed by atoms with Crippen molar-refractivity contribution in [2.45, 2.75) is 38.7 Å². The number of hydrogen-bond acceptors (Lipinski definition) is 6. The van der Waals surface area contributed by atoms with Crippen LogP contribution in [0.4, 0.5) is 0 Å². The maximum Gasteiger partial charge on any atom is 0.258 e. The summed E-state index contributed by atoms with van der Waals surface area (Å²) in [5.74, 6) is 0.834. The molecule has 2 N–H and O–H groups in total. The van der Waals surface area contributed by atoms with Crippen molar-refractivity contribution in [3.63, 3.8) is 0 Å². The molecule has 0 unspecified atom stereocenters. The molecule has 1 amide bonds. The van der Waals surface area contributed by atoms with Crippen molar-refractivity contribution in [2.24, 2.45) is 5.73 Å². The number of amides is 1. The fourth-order valence-corrected chi connectivity index (χ4v) is 3.51. The van der Waals surface area contributed by atoms with Gasteiger partial charge in [0.15, 0.2) is 5.78 Å². The lowest BCUT2D eigenvalue weighted by Gasteiger charge is -2.36. The van der Waals surface area contributed by atoms with Gasteiger partial charge < -0.3 is 15.0 Å². The van der Waals surface area contributed by atoms with E-state index in [0.717, 1.165) is 12.8 Å². The summed E-state index contributed by atoms with van der Waals surface area (Å²) in [5.41, 5.74) is 7.10. The van der Waals surface area contributed by atoms with Gasteiger partial charge in [-0.15, -0.1) is 0 Å². The molecule has 0 aliphatic carbocycles. The molecule has 0 saturated heterocycles. The second-order valence-corrected chi connectivity index (χ2v) is 7.17. The fraction of sp³-hybridized carbons (Fsp3) is 0.273. The first-order valence-corrected chi connectivity index (χ1v) is 9.55. The lowest BCUT2D eigenvalue weighted by Crippen LogP contribution is -2.40. The number of carbonyl (C=O) groups is 2. The third-order valence-corrected chi connectivity index (χ3v) is 5.48. The number of hydrogen-bond donors (Lipinski definition) is 1. The van der Waals surface area contributed by atoms with Crippen molar-refractivity contribution in [1.82, 2.24) is 10.1 Å². The molecule has 2 heterocycles. The van der Waals surface area contributed by atoms with E-state index >= 15 is 0 Å². The normalized spacial score (nSPS) is 14.9. The highest BCUT2D eigenvalue weighted by molar-refractivity contribution is 6.01. The monoisotopic (exact) mass is 391 g/mol. The van der Waals surface area contributed by atoms with Crippen LogP contribution in [0.25, 0.3) is 22.8 Å². The molecule has 2 aromatic carbocycles. The van der Waals surface area contributed by atoms with Gasteiger partial charge in [0.2, 0.25) is 11.7 Å². The van der Waals surface area contributed by atoms with E-state index < -0.39 is 11.5 Å². The van der Waals surface area contributed by atoms with Gasteiger partial charge in [-0.25, -0.2) is 0 Å². The average Bonchev–Trinajstić information content (AvgIpc) is 3.23. The van der Waals surface area contributed by atoms with Crippen LogP contribution in [-0.2, 0) is 0 Å². The third-order valence-electron chi connectivity index (χ3n) is 5.48. The SMILES string of the molecule is CCC1(CC)CC(=O)c2cc(-c3nc(-c4ccc(C(N)=O)cc4)no3)ccc2O1. The summed E-state index contributed by atoms with van der Waals surface area (Å²) in [6, 6.07) is 11.9. The third kappa shape index (κ3) is 3.40. The lowest BCUT2D eigenvalue weighted by atomic mass is 9.85. The Bertz CT molecular complexity index is 1080. The van der Waals surface area contributed by atoms with Crippen LogP contribution in [0.2, 0.25) is 0 Å². The van der Waals surface area contributed by atoms with Gasteiger partial charge in [-0.2, -0.15) is 4.98 Å². The summed E-state index contributed by atoms with van der Waals surface area (Å²) in [6.45, 7) is 4.07. The summed E-state index contributed by atoms with van der Waals surface area (Å²) in [5, 5.41) is 4.00. The maximum atomic E-state index is 12.7. The van der Waals surface area contributed by atoms with Gasteiger partial charge in [-0.1, -0.05) is 31.1 Å². The van der Waals surface area contributed by atoms with Crippen LogP contribution >= 0.6 is 0 Å². The molecule has 3 aromatic rings. The summed E-state index contributed by atoms with van der Waals surface area (Å²) in [6.07, 6.45) is 1.91. The second-order valence-electron chi connectivity index (χ2n) is 7.17. The molecule has 1 aliphatic rings. The van der Waals surface area contributed by atoms with Crippen LogP contribution in [-0.4, -0.2) is 27.4 Å². The van der Waals surface area contributed by atoms with Gasteiger partial charge in [-0.3, -0.25) is 9.59 Å². The van der Waals surface area contributed by atoms with Gasteiger partial charge >= 0.3 is 0 Å². The molecule has 29 heavy (non-hydrogen) atoms. The molecule has 0 fully saturated rings. The molecule has 1 aromatic heterocycles. The van der Waals surface area contributed by atoms with Gasteiger partial charge in [0.1, 0.15) is 11.4 Å². The Morgan fingerprint density at radius 2 is 1.79 bits per heavy atom. The minimum atomic E-state index is -0.499. The Hall–Kier alpha value is -3.48. The van der Waals surface area contributed by atoms with E-state index in [-0.39, 0.29) is 5.78 Å². The van der Waals surface area contributed by atoms with E-state index in [2.05, 4.69) is 10.1 Å². The zero-order valence-corrected chi connectivity index (χ0v) is 16.3. The van der Waals surface area contributed by atoms with E-state index in [1.165, 1.54) is 0 Å². The zero-order valence-electron chi connectivity index (χ0n) is 16.3. The van der Waals surface area contributed by atoms with Crippen molar-refractivity contribution in [1.29, 1.82) is 0 Å². The van der Waals surface area contributed by atoms with Gasteiger partial charge in [0, 0.05) is 16.7 Å². The molecule has 0 saturated carbocycles. The van der Waals surface area contributed by atoms with Crippen LogP contribution in [0.1, 0.15) is 53.8 Å². The van der Waals surface area contributed by atoms with Crippen LogP contribution in [0, 0.1) is 0 Å². The number of ether oxygens (including phenoxy) is 1. The molecular weight excluding hydrogens is 370 g/mol. The van der Waals surface area contributed by atoms with Crippen LogP contribution < -0.4 is 10.5 Å². The molecular formula is C22H21N3O4. The van der Waals surface area contributed by atoms with Gasteiger partial charge in [-0.05, 0) is 43.2 Å². The first-order chi connectivity index (χ1) is 13.9. The van der Waals surface area contributed by atoms with Crippen LogP contribution in [0.3, 0.4) is 0 Å². The topological polar surface area (TPSA) is 108 Å². The molecule has 7 nitrogen and oxygen atoms in total. The van der Waals surface area contributed by atoms with Crippen molar-refractivity contribution in [3.05, 3.63) is 53.6 Å². The number of rotatable bonds is 5. The largest absolute Gasteiger partial charge is 0.486 e. The molecule has 0 atom stereocenters. The Labute approximate surface area is 167 Å². The van der Waals surface area contributed by atoms with Crippen LogP contribution in [0.15, 0.2) is 47.0 Å². The highest BCUT2D eigenvalue weighted by atomic mass is 16.5. The van der Waals surface area contributed by atoms with E-state index in [1.54, 1.807) is 42.5 Å². The number of nitrogens with two attached hydrogens (primary N) is 1. The molecule has 1 aliphatic heterocycles. The number of benzene rings is 2. The Balaban J connectivity index is 1.63. The fourth-order valence-electron chi connectivity index (χ4n) is 3.51. The molecule has 7 heteroatoms. The van der Waals surface area contributed by atoms with Crippen molar-refractivity contribution >= 4 is 11.7 Å². The predicted molar refractivity (Wildman–Crippen MR) is 107 cm³/mol. The molecule has 0 spiro atoms. The second kappa shape index (κ2) is 7.16. The van der Waals surface area contributed by atoms with Crippen molar-refractivity contribution in [2.75, 3.05) is 0 Å². The number of carbonyl (C=O) groups excluding carboxylic acids is 2. The smallest absolute Gasteiger partial charge is 0.258 e. The van der Waals surface area contributed by atoms with E-state index in [0.29, 0.717) is 46.1 Å². The first-order valence-electron chi connectivity index (χ1n) is 9.55. The highest BCUT2D eigenvalue weighted by Crippen LogP contribution is 2.38. The molecule has 4 rings (SSSR count). The van der Waals surface area contributed by atoms with Gasteiger partial charge in [0.25, 0.3) is 5.89 Å². The highest BCUT2D eigenvalue weighted by Gasteiger charge is 2.37. The summed E-state index contributed by atoms with van der Waals surface area (Å²) < 4.78 is 11.5. The van der Waals surface area contributed by atoms with E-state index in [9.17, 15) is 9.59 Å². The van der Waals surface area contributed by atoms with Crippen LogP contribution in [0.5, 0.6) is 5.75 Å². The Morgan fingerprint density at radius 1 is 1.10 bits per heavy atom. The molecule has 0 bridgehead atoms. The van der Waals surface area contributed by atoms with E-state index in [1.807, 2.05) is 13.8 Å². The van der Waals surface area contributed by atoms with Crippen molar-refractivity contribution in [3.8, 4) is 28.6 Å². The summed E-state index contributed by atoms with van der Waals surface area (Å²) >= 11 is 0. The first kappa shape index (κ1) is 18.9. The minimum Gasteiger partial charge on any atom is -0.486 e. The molecule has 148 valence electrons. The Kier molecular flexibility index (Phi) is 4.66. The average molecular weight is 391 g/mol. The number of ketones is 1.